The Morgan fingerprint density at radius 1 is 1.00 bits per heavy atom. The van der Waals surface area contributed by atoms with Gasteiger partial charge in [0.1, 0.15) is 18.2 Å². The van der Waals surface area contributed by atoms with Crippen LogP contribution in [0.25, 0.3) is 11.1 Å². The number of aromatic nitrogens is 1. The Bertz CT molecular complexity index is 1250. The molecule has 1 aliphatic rings. The fourth-order valence-electron chi connectivity index (χ4n) is 4.08. The quantitative estimate of drug-likeness (QED) is 0.393. The number of benzene rings is 2. The van der Waals surface area contributed by atoms with Crippen LogP contribution in [0.3, 0.4) is 0 Å². The maximum atomic E-state index is 14.1. The molecule has 1 aliphatic carbocycles. The number of alkyl halides is 3. The van der Waals surface area contributed by atoms with Crippen LogP contribution in [0.1, 0.15) is 58.3 Å². The summed E-state index contributed by atoms with van der Waals surface area (Å²) >= 11 is 0. The molecular formula is C26H21F4NO3. The summed E-state index contributed by atoms with van der Waals surface area (Å²) in [5, 5.41) is 9.33. The molecule has 8 heteroatoms. The van der Waals surface area contributed by atoms with Gasteiger partial charge in [0.05, 0.1) is 11.1 Å². The summed E-state index contributed by atoms with van der Waals surface area (Å²) < 4.78 is 60.5. The molecule has 2 aromatic carbocycles. The molecule has 0 saturated heterocycles. The second-order valence-electron chi connectivity index (χ2n) is 8.02. The Labute approximate surface area is 193 Å². The van der Waals surface area contributed by atoms with Crippen LogP contribution in [-0.2, 0) is 12.8 Å². The third-order valence-corrected chi connectivity index (χ3v) is 5.77. The topological polar surface area (TPSA) is 59.4 Å². The van der Waals surface area contributed by atoms with E-state index in [2.05, 4.69) is 4.98 Å². The number of pyridine rings is 1. The van der Waals surface area contributed by atoms with E-state index >= 15 is 0 Å². The van der Waals surface area contributed by atoms with Gasteiger partial charge in [0.15, 0.2) is 0 Å². The zero-order valence-corrected chi connectivity index (χ0v) is 18.0. The lowest BCUT2D eigenvalue weighted by atomic mass is 9.83. The molecule has 0 fully saturated rings. The molecular weight excluding hydrogens is 450 g/mol. The number of hydrogen-bond donors (Lipinski definition) is 1. The number of carbonyl (C=O) groups is 1. The SMILES string of the molecule is O=C(O)c1cncc(C2=C(c3cc(C(F)(F)F)ccc3OCc3ccccc3F)CCCC2)c1. The molecule has 1 aromatic heterocycles. The van der Waals surface area contributed by atoms with Gasteiger partial charge in [-0.2, -0.15) is 13.2 Å². The van der Waals surface area contributed by atoms with E-state index in [0.29, 0.717) is 24.0 Å². The number of carboxylic acids is 1. The van der Waals surface area contributed by atoms with Gasteiger partial charge in [-0.1, -0.05) is 18.2 Å². The maximum absolute atomic E-state index is 14.1. The van der Waals surface area contributed by atoms with Crippen molar-refractivity contribution in [1.82, 2.24) is 4.98 Å². The van der Waals surface area contributed by atoms with Crippen molar-refractivity contribution < 1.29 is 32.2 Å². The van der Waals surface area contributed by atoms with Gasteiger partial charge in [-0.05, 0) is 72.7 Å². The van der Waals surface area contributed by atoms with Crippen molar-refractivity contribution in [2.45, 2.75) is 38.5 Å². The predicted molar refractivity (Wildman–Crippen MR) is 119 cm³/mol. The van der Waals surface area contributed by atoms with E-state index in [1.165, 1.54) is 30.6 Å². The average Bonchev–Trinajstić information content (AvgIpc) is 2.83. The van der Waals surface area contributed by atoms with Crippen LogP contribution < -0.4 is 4.74 Å². The first-order valence-electron chi connectivity index (χ1n) is 10.7. The van der Waals surface area contributed by atoms with Crippen molar-refractivity contribution in [3.8, 4) is 5.75 Å². The van der Waals surface area contributed by atoms with Gasteiger partial charge in [0, 0.05) is 23.5 Å². The third-order valence-electron chi connectivity index (χ3n) is 5.77. The fourth-order valence-corrected chi connectivity index (χ4v) is 4.08. The summed E-state index contributed by atoms with van der Waals surface area (Å²) in [7, 11) is 0. The normalized spacial score (nSPS) is 14.2. The van der Waals surface area contributed by atoms with Crippen LogP contribution in [0.5, 0.6) is 5.75 Å². The van der Waals surface area contributed by atoms with Crippen LogP contribution in [0.4, 0.5) is 17.6 Å². The molecule has 3 aromatic rings. The second kappa shape index (κ2) is 9.67. The average molecular weight is 471 g/mol. The molecule has 1 N–H and O–H groups in total. The lowest BCUT2D eigenvalue weighted by Gasteiger charge is -2.24. The minimum absolute atomic E-state index is 0.00464. The molecule has 0 aliphatic heterocycles. The fraction of sp³-hybridized carbons (Fsp3) is 0.231. The first-order valence-corrected chi connectivity index (χ1v) is 10.7. The molecule has 34 heavy (non-hydrogen) atoms. The van der Waals surface area contributed by atoms with Crippen molar-refractivity contribution in [2.75, 3.05) is 0 Å². The minimum Gasteiger partial charge on any atom is -0.488 e. The van der Waals surface area contributed by atoms with Crippen molar-refractivity contribution in [3.63, 3.8) is 0 Å². The Morgan fingerprint density at radius 2 is 1.74 bits per heavy atom. The molecule has 0 bridgehead atoms. The number of aromatic carboxylic acids is 1. The van der Waals surface area contributed by atoms with E-state index in [1.54, 1.807) is 18.2 Å². The number of nitrogens with zero attached hydrogens (tertiary/aromatic N) is 1. The molecule has 0 spiro atoms. The Kier molecular flexibility index (Phi) is 6.68. The van der Waals surface area contributed by atoms with Gasteiger partial charge in [0.2, 0.25) is 0 Å². The van der Waals surface area contributed by atoms with Gasteiger partial charge in [-0.15, -0.1) is 0 Å². The van der Waals surface area contributed by atoms with Gasteiger partial charge in [-0.3, -0.25) is 4.98 Å². The Hall–Kier alpha value is -3.68. The second-order valence-corrected chi connectivity index (χ2v) is 8.02. The molecule has 4 rings (SSSR count). The monoisotopic (exact) mass is 471 g/mol. The summed E-state index contributed by atoms with van der Waals surface area (Å²) in [6.45, 7) is -0.149. The number of hydrogen-bond acceptors (Lipinski definition) is 3. The highest BCUT2D eigenvalue weighted by Crippen LogP contribution is 2.43. The van der Waals surface area contributed by atoms with Crippen LogP contribution in [0, 0.1) is 5.82 Å². The van der Waals surface area contributed by atoms with Crippen molar-refractivity contribution >= 4 is 17.1 Å². The van der Waals surface area contributed by atoms with Gasteiger partial charge < -0.3 is 9.84 Å². The van der Waals surface area contributed by atoms with Crippen molar-refractivity contribution in [3.05, 3.63) is 94.6 Å². The third kappa shape index (κ3) is 5.11. The number of carboxylic acid groups (broad SMARTS) is 1. The van der Waals surface area contributed by atoms with Gasteiger partial charge >= 0.3 is 12.1 Å². The molecule has 0 atom stereocenters. The largest absolute Gasteiger partial charge is 0.488 e. The lowest BCUT2D eigenvalue weighted by Crippen LogP contribution is -2.09. The number of ether oxygens (including phenoxy) is 1. The van der Waals surface area contributed by atoms with Crippen molar-refractivity contribution in [2.24, 2.45) is 0 Å². The maximum Gasteiger partial charge on any atom is 0.416 e. The highest BCUT2D eigenvalue weighted by molar-refractivity contribution is 5.95. The van der Waals surface area contributed by atoms with Gasteiger partial charge in [0.25, 0.3) is 0 Å². The summed E-state index contributed by atoms with van der Waals surface area (Å²) in [4.78, 5) is 15.4. The summed E-state index contributed by atoms with van der Waals surface area (Å²) in [6.07, 6.45) is 0.795. The van der Waals surface area contributed by atoms with Crippen LogP contribution in [0.15, 0.2) is 60.9 Å². The molecule has 176 valence electrons. The van der Waals surface area contributed by atoms with Crippen molar-refractivity contribution in [1.29, 1.82) is 0 Å². The van der Waals surface area contributed by atoms with E-state index in [0.717, 1.165) is 30.5 Å². The highest BCUT2D eigenvalue weighted by Gasteiger charge is 2.32. The van der Waals surface area contributed by atoms with E-state index in [1.807, 2.05) is 0 Å². The number of halogens is 4. The van der Waals surface area contributed by atoms with Gasteiger partial charge in [-0.25, -0.2) is 9.18 Å². The number of allylic oxidation sites excluding steroid dienone is 2. The molecule has 0 amide bonds. The Morgan fingerprint density at radius 3 is 2.44 bits per heavy atom. The minimum atomic E-state index is -4.56. The number of rotatable bonds is 6. The lowest BCUT2D eigenvalue weighted by molar-refractivity contribution is -0.137. The van der Waals surface area contributed by atoms with Crippen LogP contribution in [-0.4, -0.2) is 16.1 Å². The zero-order chi connectivity index (χ0) is 24.3. The smallest absolute Gasteiger partial charge is 0.416 e. The molecule has 0 unspecified atom stereocenters. The summed E-state index contributed by atoms with van der Waals surface area (Å²) in [5.74, 6) is -1.40. The summed E-state index contributed by atoms with van der Waals surface area (Å²) in [6, 6.07) is 10.7. The standard InChI is InChI=1S/C26H21F4NO3/c27-23-8-4-1-5-16(23)15-34-24-10-9-19(26(28,29)30)12-22(24)21-7-3-2-6-20(21)17-11-18(25(32)33)14-31-13-17/h1,4-5,8-14H,2-3,6-7,15H2,(H,32,33). The van der Waals surface area contributed by atoms with Crippen LogP contribution >= 0.6 is 0 Å². The molecule has 0 saturated carbocycles. The first-order chi connectivity index (χ1) is 16.2. The van der Waals surface area contributed by atoms with E-state index < -0.39 is 23.5 Å². The van der Waals surface area contributed by atoms with E-state index in [4.69, 9.17) is 4.74 Å². The molecule has 0 radical (unpaired) electrons. The van der Waals surface area contributed by atoms with E-state index in [9.17, 15) is 27.5 Å². The predicted octanol–water partition coefficient (Wildman–Crippen LogP) is 7.00. The van der Waals surface area contributed by atoms with E-state index in [-0.39, 0.29) is 29.0 Å². The highest BCUT2D eigenvalue weighted by atomic mass is 19.4. The first kappa shape index (κ1) is 23.5. The zero-order valence-electron chi connectivity index (χ0n) is 18.0. The molecule has 1 heterocycles. The Balaban J connectivity index is 1.82. The molecule has 4 nitrogen and oxygen atoms in total. The van der Waals surface area contributed by atoms with Crippen LogP contribution in [0.2, 0.25) is 0 Å². The summed E-state index contributed by atoms with van der Waals surface area (Å²) in [5.41, 5.74) is 1.64.